The molecule has 0 aliphatic carbocycles. The van der Waals surface area contributed by atoms with E-state index in [2.05, 4.69) is 46.9 Å². The summed E-state index contributed by atoms with van der Waals surface area (Å²) in [6, 6.07) is 9.01. The lowest BCUT2D eigenvalue weighted by molar-refractivity contribution is 0.0920. The van der Waals surface area contributed by atoms with Gasteiger partial charge in [0.25, 0.3) is 8.32 Å². The van der Waals surface area contributed by atoms with E-state index < -0.39 is 27.1 Å². The average molecular weight is 521 g/mol. The van der Waals surface area contributed by atoms with E-state index in [9.17, 15) is 9.90 Å². The van der Waals surface area contributed by atoms with Crippen LogP contribution in [-0.2, 0) is 4.74 Å². The molecule has 2 atom stereocenters. The van der Waals surface area contributed by atoms with Gasteiger partial charge in [-0.1, -0.05) is 41.5 Å². The van der Waals surface area contributed by atoms with Gasteiger partial charge in [-0.3, -0.25) is 4.57 Å². The summed E-state index contributed by atoms with van der Waals surface area (Å²) >= 11 is 0. The van der Waals surface area contributed by atoms with Crippen LogP contribution in [0.15, 0.2) is 36.5 Å². The Hall–Kier alpha value is -2.33. The lowest BCUT2D eigenvalue weighted by Crippen LogP contribution is -2.50. The predicted molar refractivity (Wildman–Crippen MR) is 145 cm³/mol. The number of hydrogen-bond donors (Lipinski definition) is 3. The number of benzene rings is 1. The van der Waals surface area contributed by atoms with Crippen LogP contribution in [0.25, 0.3) is 11.3 Å². The number of methoxy groups -OCH3 is 1. The zero-order valence-corrected chi connectivity index (χ0v) is 23.9. The highest BCUT2D eigenvalue weighted by atomic mass is 28.4. The highest BCUT2D eigenvalue weighted by Gasteiger charge is 2.47. The van der Waals surface area contributed by atoms with Crippen molar-refractivity contribution >= 4 is 14.3 Å². The van der Waals surface area contributed by atoms with Crippen molar-refractivity contribution in [2.45, 2.75) is 77.3 Å². The van der Waals surface area contributed by atoms with E-state index >= 15 is 0 Å². The Morgan fingerprint density at radius 2 is 1.64 bits per heavy atom. The van der Waals surface area contributed by atoms with Crippen LogP contribution in [0.5, 0.6) is 11.5 Å². The summed E-state index contributed by atoms with van der Waals surface area (Å²) in [5.41, 5.74) is 2.61. The normalized spacial score (nSPS) is 13.8. The number of hydrogen-bond acceptors (Lipinski definition) is 6. The molecule has 0 bridgehead atoms. The zero-order valence-electron chi connectivity index (χ0n) is 22.9. The van der Waals surface area contributed by atoms with Crippen LogP contribution in [0.2, 0.25) is 16.6 Å². The Morgan fingerprint density at radius 1 is 1.03 bits per heavy atom. The quantitative estimate of drug-likeness (QED) is 0.320. The number of aliphatic hydroxyl groups excluding tert-OH is 2. The van der Waals surface area contributed by atoms with Crippen molar-refractivity contribution in [2.75, 3.05) is 26.9 Å². The van der Waals surface area contributed by atoms with Crippen LogP contribution in [0.3, 0.4) is 0 Å². The number of aromatic nitrogens is 1. The van der Waals surface area contributed by atoms with Crippen LogP contribution in [0.1, 0.15) is 48.5 Å². The molecule has 1 aromatic heterocycles. The summed E-state index contributed by atoms with van der Waals surface area (Å²) in [5.74, 6) is 1.36. The Kier molecular flexibility index (Phi) is 11.0. The van der Waals surface area contributed by atoms with Gasteiger partial charge in [0, 0.05) is 31.5 Å². The standard InChI is InChI=1S/C27H44N2O6Si/c1-18(2)36(19(3)4,20(5)6)35-25-13-22(12-24(14-25)34-21(7)17-33-8)26-10-9-11-29(26)27(32)28-15-23(31)16-30/h9-14,18-21,23,30-31H,15-17H2,1-8H3,(H,28,32)/t21-,23-/m0/s1. The summed E-state index contributed by atoms with van der Waals surface area (Å²) in [6.07, 6.45) is 0.469. The molecule has 0 saturated carbocycles. The molecule has 1 aromatic carbocycles. The number of rotatable bonds is 13. The number of ether oxygens (including phenoxy) is 2. The first kappa shape index (κ1) is 29.9. The van der Waals surface area contributed by atoms with E-state index in [0.29, 0.717) is 34.7 Å². The van der Waals surface area contributed by atoms with Crippen molar-refractivity contribution in [3.8, 4) is 22.8 Å². The Bertz CT molecular complexity index is 953. The van der Waals surface area contributed by atoms with Gasteiger partial charge in [-0.25, -0.2) is 4.79 Å². The van der Waals surface area contributed by atoms with E-state index in [-0.39, 0.29) is 12.6 Å². The lowest BCUT2D eigenvalue weighted by Gasteiger charge is -2.42. The Balaban J connectivity index is 2.55. The van der Waals surface area contributed by atoms with Gasteiger partial charge in [0.2, 0.25) is 0 Å². The highest BCUT2D eigenvalue weighted by Crippen LogP contribution is 2.44. The van der Waals surface area contributed by atoms with Crippen LogP contribution < -0.4 is 14.5 Å². The summed E-state index contributed by atoms with van der Waals surface area (Å²) < 4.78 is 19.8. The lowest BCUT2D eigenvalue weighted by atomic mass is 10.1. The molecule has 8 nitrogen and oxygen atoms in total. The summed E-state index contributed by atoms with van der Waals surface area (Å²) in [7, 11) is -0.600. The summed E-state index contributed by atoms with van der Waals surface area (Å²) in [4.78, 5) is 12.8. The number of carbonyl (C=O) groups is 1. The second kappa shape index (κ2) is 13.3. The molecule has 0 saturated heterocycles. The maximum Gasteiger partial charge on any atom is 0.326 e. The van der Waals surface area contributed by atoms with Crippen LogP contribution >= 0.6 is 0 Å². The molecule has 36 heavy (non-hydrogen) atoms. The third-order valence-electron chi connectivity index (χ3n) is 6.58. The molecule has 2 rings (SSSR count). The number of nitrogens with one attached hydrogen (secondary N) is 1. The van der Waals surface area contributed by atoms with Crippen molar-refractivity contribution in [1.82, 2.24) is 9.88 Å². The minimum Gasteiger partial charge on any atom is -0.543 e. The fourth-order valence-corrected chi connectivity index (χ4v) is 10.3. The topological polar surface area (TPSA) is 102 Å². The highest BCUT2D eigenvalue weighted by molar-refractivity contribution is 6.78. The van der Waals surface area contributed by atoms with Gasteiger partial charge in [0.05, 0.1) is 25.0 Å². The molecule has 0 spiro atoms. The SMILES string of the molecule is COC[C@H](C)Oc1cc(O[Si](C(C)C)(C(C)C)C(C)C)cc(-c2cccn2C(=O)NC[C@H](O)CO)c1. The number of carbonyl (C=O) groups excluding carboxylic acids is 1. The van der Waals surface area contributed by atoms with E-state index in [1.165, 1.54) is 4.57 Å². The van der Waals surface area contributed by atoms with Crippen molar-refractivity contribution in [3.05, 3.63) is 36.5 Å². The maximum absolute atomic E-state index is 12.8. The second-order valence-corrected chi connectivity index (χ2v) is 15.7. The van der Waals surface area contributed by atoms with Crippen molar-refractivity contribution in [3.63, 3.8) is 0 Å². The minimum absolute atomic E-state index is 0.0513. The van der Waals surface area contributed by atoms with Crippen LogP contribution in [-0.4, -0.2) is 68.2 Å². The summed E-state index contributed by atoms with van der Waals surface area (Å²) in [5, 5.41) is 21.3. The van der Waals surface area contributed by atoms with Gasteiger partial charge in [0.1, 0.15) is 17.6 Å². The molecular formula is C27H44N2O6Si. The molecule has 0 unspecified atom stereocenters. The second-order valence-electron chi connectivity index (χ2n) is 10.3. The minimum atomic E-state index is -2.24. The monoisotopic (exact) mass is 520 g/mol. The molecule has 0 aliphatic heterocycles. The number of nitrogens with zero attached hydrogens (tertiary/aromatic N) is 1. The third-order valence-corrected chi connectivity index (χ3v) is 12.6. The summed E-state index contributed by atoms with van der Waals surface area (Å²) in [6.45, 7) is 15.3. The van der Waals surface area contributed by atoms with Gasteiger partial charge in [0.15, 0.2) is 0 Å². The fourth-order valence-electron chi connectivity index (χ4n) is 5.05. The molecule has 0 fully saturated rings. The van der Waals surface area contributed by atoms with Gasteiger partial charge in [-0.05, 0) is 47.8 Å². The third kappa shape index (κ3) is 7.12. The molecule has 9 heteroatoms. The van der Waals surface area contributed by atoms with E-state index in [1.54, 1.807) is 19.4 Å². The maximum atomic E-state index is 12.8. The van der Waals surface area contributed by atoms with Crippen molar-refractivity contribution < 1.29 is 28.9 Å². The zero-order chi connectivity index (χ0) is 27.0. The molecule has 3 N–H and O–H groups in total. The van der Waals surface area contributed by atoms with E-state index in [0.717, 1.165) is 11.3 Å². The Morgan fingerprint density at radius 3 is 2.19 bits per heavy atom. The molecule has 0 aliphatic rings. The molecule has 1 amide bonds. The molecule has 0 radical (unpaired) electrons. The van der Waals surface area contributed by atoms with Crippen molar-refractivity contribution in [2.24, 2.45) is 0 Å². The van der Waals surface area contributed by atoms with E-state index in [1.807, 2.05) is 31.2 Å². The smallest absolute Gasteiger partial charge is 0.326 e. The molecular weight excluding hydrogens is 476 g/mol. The first-order valence-electron chi connectivity index (χ1n) is 12.7. The van der Waals surface area contributed by atoms with Crippen LogP contribution in [0.4, 0.5) is 4.79 Å². The Labute approximate surface area is 216 Å². The first-order chi connectivity index (χ1) is 17.0. The number of amides is 1. The van der Waals surface area contributed by atoms with Gasteiger partial charge in [-0.2, -0.15) is 0 Å². The van der Waals surface area contributed by atoms with Gasteiger partial charge >= 0.3 is 6.03 Å². The van der Waals surface area contributed by atoms with Crippen molar-refractivity contribution in [1.29, 1.82) is 0 Å². The van der Waals surface area contributed by atoms with Gasteiger partial charge < -0.3 is 29.4 Å². The van der Waals surface area contributed by atoms with Crippen LogP contribution in [0, 0.1) is 0 Å². The first-order valence-corrected chi connectivity index (χ1v) is 14.8. The average Bonchev–Trinajstić information content (AvgIpc) is 3.30. The molecule has 2 aromatic rings. The number of aliphatic hydroxyl groups is 2. The van der Waals surface area contributed by atoms with Gasteiger partial charge in [-0.15, -0.1) is 0 Å². The van der Waals surface area contributed by atoms with E-state index in [4.69, 9.17) is 19.0 Å². The fraction of sp³-hybridized carbons (Fsp3) is 0.593. The largest absolute Gasteiger partial charge is 0.543 e. The predicted octanol–water partition coefficient (Wildman–Crippen LogP) is 5.03. The molecule has 1 heterocycles. The molecule has 202 valence electrons.